The highest BCUT2D eigenvalue weighted by molar-refractivity contribution is 5.78. The number of ether oxygens (including phenoxy) is 1. The lowest BCUT2D eigenvalue weighted by molar-refractivity contribution is -0.385. The lowest BCUT2D eigenvalue weighted by atomic mass is 10.1. The molecule has 108 valence electrons. The molecule has 2 rings (SSSR count). The predicted molar refractivity (Wildman–Crippen MR) is 73.8 cm³/mol. The molecule has 0 atom stereocenters. The monoisotopic (exact) mass is 278 g/mol. The minimum Gasteiger partial charge on any atom is -0.477 e. The smallest absolute Gasteiger partial charge is 0.311 e. The highest BCUT2D eigenvalue weighted by Crippen LogP contribution is 2.27. The molecule has 0 bridgehead atoms. The van der Waals surface area contributed by atoms with Crippen LogP contribution < -0.4 is 4.74 Å². The lowest BCUT2D eigenvalue weighted by Crippen LogP contribution is -2.38. The number of hydrogen-bond donors (Lipinski definition) is 0. The van der Waals surface area contributed by atoms with E-state index in [0.717, 1.165) is 37.9 Å². The van der Waals surface area contributed by atoms with E-state index < -0.39 is 4.92 Å². The van der Waals surface area contributed by atoms with Crippen LogP contribution in [0.4, 0.5) is 5.69 Å². The van der Waals surface area contributed by atoms with Crippen LogP contribution in [0.25, 0.3) is 0 Å². The van der Waals surface area contributed by atoms with Crippen molar-refractivity contribution < 1.29 is 14.5 Å². The van der Waals surface area contributed by atoms with Crippen LogP contribution in [0.1, 0.15) is 24.8 Å². The summed E-state index contributed by atoms with van der Waals surface area (Å²) in [6, 6.07) is 4.71. The molecule has 0 unspecified atom stereocenters. The van der Waals surface area contributed by atoms with Crippen molar-refractivity contribution in [3.63, 3.8) is 0 Å². The van der Waals surface area contributed by atoms with Gasteiger partial charge in [-0.25, -0.2) is 0 Å². The first-order valence-electron chi connectivity index (χ1n) is 6.73. The van der Waals surface area contributed by atoms with Crippen molar-refractivity contribution in [2.24, 2.45) is 0 Å². The number of nitrogens with zero attached hydrogens (tertiary/aromatic N) is 2. The fourth-order valence-corrected chi connectivity index (χ4v) is 2.27. The van der Waals surface area contributed by atoms with Gasteiger partial charge in [0, 0.05) is 19.2 Å². The maximum Gasteiger partial charge on any atom is 0.311 e. The van der Waals surface area contributed by atoms with Crippen molar-refractivity contribution in [2.45, 2.75) is 26.2 Å². The number of likely N-dealkylation sites (tertiary alicyclic amines) is 1. The van der Waals surface area contributed by atoms with E-state index >= 15 is 0 Å². The molecular weight excluding hydrogens is 260 g/mol. The third-order valence-electron chi connectivity index (χ3n) is 3.37. The highest BCUT2D eigenvalue weighted by Gasteiger charge is 2.20. The second kappa shape index (κ2) is 6.36. The Hall–Kier alpha value is -2.11. The predicted octanol–water partition coefficient (Wildman–Crippen LogP) is 2.29. The Morgan fingerprint density at radius 3 is 2.70 bits per heavy atom. The molecule has 0 N–H and O–H groups in total. The number of piperidine rings is 1. The van der Waals surface area contributed by atoms with E-state index in [1.807, 2.05) is 0 Å². The van der Waals surface area contributed by atoms with Crippen LogP contribution in [0.3, 0.4) is 0 Å². The van der Waals surface area contributed by atoms with Crippen molar-refractivity contribution in [1.82, 2.24) is 4.90 Å². The SMILES string of the molecule is Cc1ccc(OCC(=O)N2CCCCC2)c([N+](=O)[O-])c1. The number of aryl methyl sites for hydroxylation is 1. The van der Waals surface area contributed by atoms with Crippen LogP contribution in [0.5, 0.6) is 5.75 Å². The van der Waals surface area contributed by atoms with Crippen molar-refractivity contribution in [3.05, 3.63) is 33.9 Å². The zero-order chi connectivity index (χ0) is 14.5. The molecule has 1 aromatic carbocycles. The fraction of sp³-hybridized carbons (Fsp3) is 0.500. The van der Waals surface area contributed by atoms with Gasteiger partial charge in [-0.05, 0) is 37.8 Å². The largest absolute Gasteiger partial charge is 0.477 e. The van der Waals surface area contributed by atoms with Crippen LogP contribution in [-0.4, -0.2) is 35.4 Å². The highest BCUT2D eigenvalue weighted by atomic mass is 16.6. The molecule has 0 radical (unpaired) electrons. The average Bonchev–Trinajstić information content (AvgIpc) is 2.46. The molecule has 20 heavy (non-hydrogen) atoms. The van der Waals surface area contributed by atoms with E-state index in [0.29, 0.717) is 0 Å². The second-order valence-electron chi connectivity index (χ2n) is 4.96. The number of rotatable bonds is 4. The Kier molecular flexibility index (Phi) is 4.55. The Bertz CT molecular complexity index is 510. The first-order chi connectivity index (χ1) is 9.58. The minimum absolute atomic E-state index is 0.101. The summed E-state index contributed by atoms with van der Waals surface area (Å²) in [5.74, 6) is 0.0329. The van der Waals surface area contributed by atoms with Crippen molar-refractivity contribution in [1.29, 1.82) is 0 Å². The maximum absolute atomic E-state index is 12.0. The van der Waals surface area contributed by atoms with Gasteiger partial charge in [-0.3, -0.25) is 14.9 Å². The van der Waals surface area contributed by atoms with Gasteiger partial charge >= 0.3 is 5.69 Å². The van der Waals surface area contributed by atoms with Gasteiger partial charge in [0.05, 0.1) is 4.92 Å². The van der Waals surface area contributed by atoms with Crippen LogP contribution in [-0.2, 0) is 4.79 Å². The zero-order valence-electron chi connectivity index (χ0n) is 11.5. The first-order valence-corrected chi connectivity index (χ1v) is 6.73. The second-order valence-corrected chi connectivity index (χ2v) is 4.96. The quantitative estimate of drug-likeness (QED) is 0.625. The van der Waals surface area contributed by atoms with Crippen LogP contribution in [0.15, 0.2) is 18.2 Å². The van der Waals surface area contributed by atoms with Gasteiger partial charge in [-0.15, -0.1) is 0 Å². The van der Waals surface area contributed by atoms with E-state index in [1.54, 1.807) is 17.9 Å². The summed E-state index contributed by atoms with van der Waals surface area (Å²) in [7, 11) is 0. The number of nitro benzene ring substituents is 1. The lowest BCUT2D eigenvalue weighted by Gasteiger charge is -2.26. The van der Waals surface area contributed by atoms with Gasteiger partial charge in [-0.1, -0.05) is 6.07 Å². The van der Waals surface area contributed by atoms with Gasteiger partial charge in [0.2, 0.25) is 0 Å². The van der Waals surface area contributed by atoms with Crippen LogP contribution >= 0.6 is 0 Å². The summed E-state index contributed by atoms with van der Waals surface area (Å²) in [6.45, 7) is 3.12. The number of amides is 1. The summed E-state index contributed by atoms with van der Waals surface area (Å²) >= 11 is 0. The molecule has 0 aliphatic carbocycles. The van der Waals surface area contributed by atoms with E-state index in [9.17, 15) is 14.9 Å². The summed E-state index contributed by atoms with van der Waals surface area (Å²) in [5, 5.41) is 11.0. The normalized spacial score (nSPS) is 14.9. The van der Waals surface area contributed by atoms with E-state index in [1.165, 1.54) is 12.1 Å². The third kappa shape index (κ3) is 3.46. The van der Waals surface area contributed by atoms with Gasteiger partial charge in [-0.2, -0.15) is 0 Å². The van der Waals surface area contributed by atoms with Gasteiger partial charge in [0.15, 0.2) is 12.4 Å². The Labute approximate surface area is 117 Å². The Morgan fingerprint density at radius 1 is 1.35 bits per heavy atom. The standard InChI is InChI=1S/C14H18N2O4/c1-11-5-6-13(12(9-11)16(18)19)20-10-14(17)15-7-3-2-4-8-15/h5-6,9H,2-4,7-8,10H2,1H3. The molecular formula is C14H18N2O4. The Morgan fingerprint density at radius 2 is 2.05 bits per heavy atom. The van der Waals surface area contributed by atoms with Crippen molar-refractivity contribution in [2.75, 3.05) is 19.7 Å². The average molecular weight is 278 g/mol. The summed E-state index contributed by atoms with van der Waals surface area (Å²) < 4.78 is 5.34. The molecule has 1 saturated heterocycles. The molecule has 6 nitrogen and oxygen atoms in total. The third-order valence-corrected chi connectivity index (χ3v) is 3.37. The van der Waals surface area contributed by atoms with Crippen molar-refractivity contribution >= 4 is 11.6 Å². The molecule has 1 aliphatic rings. The molecule has 1 fully saturated rings. The van der Waals surface area contributed by atoms with E-state index in [-0.39, 0.29) is 24.0 Å². The molecule has 1 aromatic rings. The zero-order valence-corrected chi connectivity index (χ0v) is 11.5. The van der Waals surface area contributed by atoms with Crippen LogP contribution in [0.2, 0.25) is 0 Å². The van der Waals surface area contributed by atoms with Crippen LogP contribution in [0, 0.1) is 17.0 Å². The summed E-state index contributed by atoms with van der Waals surface area (Å²) in [6.07, 6.45) is 3.17. The van der Waals surface area contributed by atoms with Crippen molar-refractivity contribution in [3.8, 4) is 5.75 Å². The number of hydrogen-bond acceptors (Lipinski definition) is 4. The first kappa shape index (κ1) is 14.3. The summed E-state index contributed by atoms with van der Waals surface area (Å²) in [4.78, 5) is 24.2. The van der Waals surface area contributed by atoms with E-state index in [2.05, 4.69) is 0 Å². The minimum atomic E-state index is -0.492. The number of carbonyl (C=O) groups is 1. The number of nitro groups is 1. The molecule has 1 amide bonds. The van der Waals surface area contributed by atoms with Gasteiger partial charge in [0.1, 0.15) is 0 Å². The molecule has 6 heteroatoms. The molecule has 0 spiro atoms. The van der Waals surface area contributed by atoms with Gasteiger partial charge in [0.25, 0.3) is 5.91 Å². The maximum atomic E-state index is 12.0. The van der Waals surface area contributed by atoms with E-state index in [4.69, 9.17) is 4.74 Å². The topological polar surface area (TPSA) is 72.7 Å². The van der Waals surface area contributed by atoms with Gasteiger partial charge < -0.3 is 9.64 Å². The number of benzene rings is 1. The summed E-state index contributed by atoms with van der Waals surface area (Å²) in [5.41, 5.74) is 0.683. The molecule has 0 aromatic heterocycles. The Balaban J connectivity index is 1.99. The molecule has 1 heterocycles. The molecule has 0 saturated carbocycles. The molecule has 1 aliphatic heterocycles. The fourth-order valence-electron chi connectivity index (χ4n) is 2.27. The number of carbonyl (C=O) groups excluding carboxylic acids is 1.